The molecule has 4 heteroatoms. The Morgan fingerprint density at radius 3 is 2.93 bits per heavy atom. The van der Waals surface area contributed by atoms with Crippen LogP contribution in [0.2, 0.25) is 0 Å². The highest BCUT2D eigenvalue weighted by molar-refractivity contribution is 5.72. The van der Waals surface area contributed by atoms with Crippen LogP contribution in [0.3, 0.4) is 0 Å². The lowest BCUT2D eigenvalue weighted by Crippen LogP contribution is -2.48. The highest BCUT2D eigenvalue weighted by Crippen LogP contribution is 2.09. The smallest absolute Gasteiger partial charge is 0.216 e. The highest BCUT2D eigenvalue weighted by Gasteiger charge is 2.18. The van der Waals surface area contributed by atoms with Gasteiger partial charge >= 0.3 is 0 Å². The lowest BCUT2D eigenvalue weighted by Gasteiger charge is -2.33. The number of amides is 1. The Morgan fingerprint density at radius 2 is 2.40 bits per heavy atom. The Bertz CT molecular complexity index is 190. The van der Waals surface area contributed by atoms with Crippen molar-refractivity contribution in [2.45, 2.75) is 32.7 Å². The third kappa shape index (κ3) is 4.62. The fraction of sp³-hybridized carbons (Fsp3) is 0.909. The minimum absolute atomic E-state index is 0.0628. The molecule has 1 amide bonds. The van der Waals surface area contributed by atoms with E-state index in [-0.39, 0.29) is 5.91 Å². The number of piperidine rings is 1. The molecule has 0 aromatic carbocycles. The number of nitrogens with one attached hydrogen (secondary N) is 2. The average Bonchev–Trinajstić information content (AvgIpc) is 2.25. The number of carbonyl (C=O) groups excluding carboxylic acids is 1. The predicted octanol–water partition coefficient (Wildman–Crippen LogP) is 0.196. The fourth-order valence-corrected chi connectivity index (χ4v) is 2.12. The van der Waals surface area contributed by atoms with Crippen LogP contribution in [0, 0.1) is 0 Å². The zero-order chi connectivity index (χ0) is 11.1. The maximum atomic E-state index is 10.7. The minimum atomic E-state index is 0.0628. The summed E-state index contributed by atoms with van der Waals surface area (Å²) in [6, 6.07) is 0.650. The largest absolute Gasteiger partial charge is 0.355 e. The van der Waals surface area contributed by atoms with Gasteiger partial charge < -0.3 is 10.6 Å². The van der Waals surface area contributed by atoms with Gasteiger partial charge in [-0.05, 0) is 25.9 Å². The van der Waals surface area contributed by atoms with Crippen LogP contribution in [0.1, 0.15) is 26.7 Å². The third-order valence-electron chi connectivity index (χ3n) is 2.97. The summed E-state index contributed by atoms with van der Waals surface area (Å²) < 4.78 is 0. The molecule has 1 atom stereocenters. The van der Waals surface area contributed by atoms with E-state index in [0.29, 0.717) is 6.04 Å². The van der Waals surface area contributed by atoms with Crippen molar-refractivity contribution in [1.29, 1.82) is 0 Å². The predicted molar refractivity (Wildman–Crippen MR) is 61.8 cm³/mol. The molecule has 1 aliphatic rings. The number of carbonyl (C=O) groups is 1. The van der Waals surface area contributed by atoms with Gasteiger partial charge in [0.15, 0.2) is 0 Å². The van der Waals surface area contributed by atoms with E-state index in [1.54, 1.807) is 6.92 Å². The van der Waals surface area contributed by atoms with E-state index in [1.807, 2.05) is 0 Å². The maximum Gasteiger partial charge on any atom is 0.216 e. The molecule has 1 aliphatic heterocycles. The van der Waals surface area contributed by atoms with E-state index in [0.717, 1.165) is 32.7 Å². The van der Waals surface area contributed by atoms with Gasteiger partial charge in [0.1, 0.15) is 0 Å². The molecule has 0 spiro atoms. The van der Waals surface area contributed by atoms with Crippen LogP contribution in [0.5, 0.6) is 0 Å². The van der Waals surface area contributed by atoms with Gasteiger partial charge in [-0.1, -0.05) is 6.92 Å². The van der Waals surface area contributed by atoms with E-state index in [2.05, 4.69) is 22.5 Å². The first-order valence-corrected chi connectivity index (χ1v) is 5.93. The van der Waals surface area contributed by atoms with Crippen molar-refractivity contribution in [3.63, 3.8) is 0 Å². The molecule has 1 rings (SSSR count). The van der Waals surface area contributed by atoms with E-state index in [1.165, 1.54) is 12.8 Å². The molecular weight excluding hydrogens is 190 g/mol. The van der Waals surface area contributed by atoms with Gasteiger partial charge in [0, 0.05) is 32.6 Å². The van der Waals surface area contributed by atoms with Crippen molar-refractivity contribution >= 4 is 5.91 Å². The monoisotopic (exact) mass is 213 g/mol. The number of rotatable bonds is 5. The fourth-order valence-electron chi connectivity index (χ4n) is 2.12. The summed E-state index contributed by atoms with van der Waals surface area (Å²) in [5.74, 6) is 0.0628. The molecule has 4 nitrogen and oxygen atoms in total. The summed E-state index contributed by atoms with van der Waals surface area (Å²) in [5.41, 5.74) is 0. The van der Waals surface area contributed by atoms with Gasteiger partial charge in [-0.15, -0.1) is 0 Å². The van der Waals surface area contributed by atoms with Crippen molar-refractivity contribution in [3.8, 4) is 0 Å². The number of hydrogen-bond acceptors (Lipinski definition) is 3. The molecular formula is C11H23N3O. The summed E-state index contributed by atoms with van der Waals surface area (Å²) in [4.78, 5) is 13.2. The van der Waals surface area contributed by atoms with Crippen molar-refractivity contribution in [2.75, 3.05) is 32.7 Å². The molecule has 0 radical (unpaired) electrons. The molecule has 0 saturated carbocycles. The molecule has 0 aliphatic carbocycles. The Kier molecular flexibility index (Phi) is 5.65. The first-order chi connectivity index (χ1) is 7.24. The summed E-state index contributed by atoms with van der Waals surface area (Å²) in [5, 5.41) is 6.27. The Hall–Kier alpha value is -0.610. The quantitative estimate of drug-likeness (QED) is 0.685. The number of nitrogens with zero attached hydrogens (tertiary/aromatic N) is 1. The summed E-state index contributed by atoms with van der Waals surface area (Å²) in [6.07, 6.45) is 2.54. The van der Waals surface area contributed by atoms with E-state index in [4.69, 9.17) is 0 Å². The second-order valence-corrected chi connectivity index (χ2v) is 4.11. The number of likely N-dealkylation sites (N-methyl/N-ethyl adjacent to an activating group) is 1. The second-order valence-electron chi connectivity index (χ2n) is 4.11. The summed E-state index contributed by atoms with van der Waals surface area (Å²) >= 11 is 0. The van der Waals surface area contributed by atoms with Crippen LogP contribution in [0.4, 0.5) is 0 Å². The van der Waals surface area contributed by atoms with Crippen LogP contribution >= 0.6 is 0 Å². The lowest BCUT2D eigenvalue weighted by molar-refractivity contribution is -0.119. The first-order valence-electron chi connectivity index (χ1n) is 5.93. The van der Waals surface area contributed by atoms with E-state index >= 15 is 0 Å². The van der Waals surface area contributed by atoms with Crippen LogP contribution in [0.15, 0.2) is 0 Å². The Labute approximate surface area is 92.4 Å². The van der Waals surface area contributed by atoms with Crippen LogP contribution in [-0.4, -0.2) is 49.6 Å². The molecule has 0 aromatic rings. The topological polar surface area (TPSA) is 44.4 Å². The van der Waals surface area contributed by atoms with Gasteiger partial charge in [-0.2, -0.15) is 0 Å². The first kappa shape index (κ1) is 12.5. The molecule has 1 unspecified atom stereocenters. The van der Waals surface area contributed by atoms with Gasteiger partial charge in [0.05, 0.1) is 0 Å². The van der Waals surface area contributed by atoms with Crippen molar-refractivity contribution in [3.05, 3.63) is 0 Å². The standard InChI is InChI=1S/C11H23N3O/c1-3-14(8-7-13-10(2)15)11-5-4-6-12-9-11/h11-12H,3-9H2,1-2H3,(H,13,15). The van der Waals surface area contributed by atoms with Crippen molar-refractivity contribution in [1.82, 2.24) is 15.5 Å². The van der Waals surface area contributed by atoms with Crippen LogP contribution < -0.4 is 10.6 Å². The van der Waals surface area contributed by atoms with Gasteiger partial charge in [0.25, 0.3) is 0 Å². The molecule has 1 saturated heterocycles. The molecule has 1 heterocycles. The van der Waals surface area contributed by atoms with Gasteiger partial charge in [0.2, 0.25) is 5.91 Å². The summed E-state index contributed by atoms with van der Waals surface area (Å²) in [7, 11) is 0. The van der Waals surface area contributed by atoms with Crippen molar-refractivity contribution < 1.29 is 4.79 Å². The highest BCUT2D eigenvalue weighted by atomic mass is 16.1. The summed E-state index contributed by atoms with van der Waals surface area (Å²) in [6.45, 7) is 8.78. The molecule has 15 heavy (non-hydrogen) atoms. The van der Waals surface area contributed by atoms with Gasteiger partial charge in [-0.25, -0.2) is 0 Å². The zero-order valence-corrected chi connectivity index (χ0v) is 9.88. The van der Waals surface area contributed by atoms with Crippen molar-refractivity contribution in [2.24, 2.45) is 0 Å². The van der Waals surface area contributed by atoms with Gasteiger partial charge in [-0.3, -0.25) is 9.69 Å². The molecule has 88 valence electrons. The minimum Gasteiger partial charge on any atom is -0.355 e. The molecule has 1 fully saturated rings. The van der Waals surface area contributed by atoms with E-state index in [9.17, 15) is 4.79 Å². The molecule has 0 bridgehead atoms. The molecule has 2 N–H and O–H groups in total. The zero-order valence-electron chi connectivity index (χ0n) is 9.88. The van der Waals surface area contributed by atoms with E-state index < -0.39 is 0 Å². The molecule has 0 aromatic heterocycles. The van der Waals surface area contributed by atoms with Crippen LogP contribution in [0.25, 0.3) is 0 Å². The third-order valence-corrected chi connectivity index (χ3v) is 2.97. The SMILES string of the molecule is CCN(CCNC(C)=O)C1CCCNC1. The second kappa shape index (κ2) is 6.80. The van der Waals surface area contributed by atoms with Crippen LogP contribution in [-0.2, 0) is 4.79 Å². The number of hydrogen-bond donors (Lipinski definition) is 2. The Morgan fingerprint density at radius 1 is 1.60 bits per heavy atom. The lowest BCUT2D eigenvalue weighted by atomic mass is 10.1. The Balaban J connectivity index is 2.24. The maximum absolute atomic E-state index is 10.7. The normalized spacial score (nSPS) is 21.7. The average molecular weight is 213 g/mol.